The maximum atomic E-state index is 13.3. The smallest absolute Gasteiger partial charge is 0.329 e. The van der Waals surface area contributed by atoms with Crippen molar-refractivity contribution in [3.05, 3.63) is 35.9 Å². The highest BCUT2D eigenvalue weighted by Gasteiger charge is 2.49. The Morgan fingerprint density at radius 3 is 2.60 bits per heavy atom. The lowest BCUT2D eigenvalue weighted by Gasteiger charge is -2.30. The van der Waals surface area contributed by atoms with Gasteiger partial charge in [0.25, 0.3) is 0 Å². The van der Waals surface area contributed by atoms with Crippen LogP contribution in [0.2, 0.25) is 0 Å². The third-order valence-electron chi connectivity index (χ3n) is 5.69. The van der Waals surface area contributed by atoms with Gasteiger partial charge in [-0.25, -0.2) is 4.79 Å². The Labute approximate surface area is 178 Å². The molecule has 0 aromatic heterocycles. The number of methoxy groups -OCH3 is 2. The van der Waals surface area contributed by atoms with Crippen molar-refractivity contribution in [2.75, 3.05) is 20.0 Å². The third kappa shape index (κ3) is 4.89. The van der Waals surface area contributed by atoms with Crippen LogP contribution in [0.25, 0.3) is 0 Å². The van der Waals surface area contributed by atoms with E-state index >= 15 is 0 Å². The number of esters is 2. The van der Waals surface area contributed by atoms with Crippen LogP contribution in [0.4, 0.5) is 0 Å². The molecule has 1 N–H and O–H groups in total. The molecule has 1 amide bonds. The summed E-state index contributed by atoms with van der Waals surface area (Å²) in [5, 5.41) is 2.66. The average molecular weight is 437 g/mol. The molecule has 1 aromatic carbocycles. The quantitative estimate of drug-likeness (QED) is 0.630. The number of carbonyl (C=O) groups excluding carboxylic acids is 3. The molecule has 0 spiro atoms. The lowest BCUT2D eigenvalue weighted by Crippen LogP contribution is -2.55. The maximum Gasteiger partial charge on any atom is 0.329 e. The van der Waals surface area contributed by atoms with Gasteiger partial charge in [0.1, 0.15) is 17.5 Å². The Morgan fingerprint density at radius 2 is 1.93 bits per heavy atom. The summed E-state index contributed by atoms with van der Waals surface area (Å²) in [6, 6.07) is 7.60. The van der Waals surface area contributed by atoms with Crippen molar-refractivity contribution in [3.8, 4) is 0 Å². The number of nitrogens with zero attached hydrogens (tertiary/aromatic N) is 1. The minimum absolute atomic E-state index is 0.0875. The van der Waals surface area contributed by atoms with Gasteiger partial charge in [-0.05, 0) is 37.7 Å². The molecular weight excluding hydrogens is 408 g/mol. The van der Waals surface area contributed by atoms with Gasteiger partial charge in [-0.3, -0.25) is 19.1 Å². The van der Waals surface area contributed by atoms with Gasteiger partial charge in [0, 0.05) is 10.8 Å². The second-order valence-electron chi connectivity index (χ2n) is 7.54. The lowest BCUT2D eigenvalue weighted by atomic mass is 10.0. The monoisotopic (exact) mass is 436 g/mol. The first-order valence-electron chi connectivity index (χ1n) is 10.1. The molecule has 0 radical (unpaired) electrons. The first-order chi connectivity index (χ1) is 14.5. The molecule has 0 saturated carbocycles. The van der Waals surface area contributed by atoms with Gasteiger partial charge < -0.3 is 14.4 Å². The molecule has 1 unspecified atom stereocenters. The zero-order valence-corrected chi connectivity index (χ0v) is 18.1. The topological polar surface area (TPSA) is 102 Å². The molecule has 0 bridgehead atoms. The summed E-state index contributed by atoms with van der Waals surface area (Å²) in [6.45, 7) is 0. The lowest BCUT2D eigenvalue weighted by molar-refractivity contribution is -0.152. The van der Waals surface area contributed by atoms with Crippen molar-refractivity contribution in [3.63, 3.8) is 0 Å². The second kappa shape index (κ2) is 10.2. The molecular formula is C21H28N2O6S. The molecule has 1 aromatic rings. The van der Waals surface area contributed by atoms with Crippen LogP contribution in [0.5, 0.6) is 0 Å². The average Bonchev–Trinajstić information content (AvgIpc) is 3.01. The normalized spacial score (nSPS) is 27.1. The number of hydrogen-bond acceptors (Lipinski definition) is 7. The summed E-state index contributed by atoms with van der Waals surface area (Å²) in [5.41, 5.74) is 1.08. The molecule has 2 aliphatic rings. The van der Waals surface area contributed by atoms with Crippen LogP contribution < -0.4 is 5.32 Å². The molecule has 5 atom stereocenters. The molecule has 164 valence electrons. The number of nitrogens with one attached hydrogen (secondary N) is 1. The molecule has 8 nitrogen and oxygen atoms in total. The molecule has 9 heteroatoms. The van der Waals surface area contributed by atoms with E-state index in [4.69, 9.17) is 9.47 Å². The number of carbonyl (C=O) groups is 3. The molecule has 2 fully saturated rings. The number of benzene rings is 1. The highest BCUT2D eigenvalue weighted by molar-refractivity contribution is 7.86. The molecule has 3 rings (SSSR count). The minimum atomic E-state index is -1.30. The van der Waals surface area contributed by atoms with Gasteiger partial charge in [0.05, 0.1) is 26.0 Å². The van der Waals surface area contributed by atoms with Crippen molar-refractivity contribution in [2.24, 2.45) is 0 Å². The van der Waals surface area contributed by atoms with Crippen LogP contribution in [0.1, 0.15) is 31.2 Å². The number of amides is 1. The van der Waals surface area contributed by atoms with E-state index in [0.29, 0.717) is 32.1 Å². The zero-order valence-electron chi connectivity index (χ0n) is 17.2. The Hall–Kier alpha value is -2.26. The van der Waals surface area contributed by atoms with Gasteiger partial charge in [0.2, 0.25) is 5.91 Å². The van der Waals surface area contributed by atoms with Gasteiger partial charge >= 0.3 is 11.9 Å². The SMILES string of the molecule is COC(=O)C(CCc1ccccc1)N[C@@H]1CCC[C@@H]2N(C1=O)[C@@H](C(=O)OC)C[S@@]2=O. The molecule has 0 aliphatic carbocycles. The van der Waals surface area contributed by atoms with Crippen LogP contribution in [-0.2, 0) is 41.1 Å². The summed E-state index contributed by atoms with van der Waals surface area (Å²) in [6.07, 6.45) is 2.83. The van der Waals surface area contributed by atoms with Crippen LogP contribution in [0.3, 0.4) is 0 Å². The van der Waals surface area contributed by atoms with Crippen LogP contribution in [-0.4, -0.2) is 70.4 Å². The van der Waals surface area contributed by atoms with E-state index in [2.05, 4.69) is 5.32 Å². The fourth-order valence-corrected chi connectivity index (χ4v) is 5.89. The minimum Gasteiger partial charge on any atom is -0.468 e. The van der Waals surface area contributed by atoms with Crippen LogP contribution >= 0.6 is 0 Å². The van der Waals surface area contributed by atoms with Crippen molar-refractivity contribution in [2.45, 2.75) is 55.6 Å². The predicted octanol–water partition coefficient (Wildman–Crippen LogP) is 0.762. The van der Waals surface area contributed by atoms with E-state index in [1.165, 1.54) is 19.1 Å². The first-order valence-corrected chi connectivity index (χ1v) is 11.5. The van der Waals surface area contributed by atoms with E-state index in [1.54, 1.807) is 0 Å². The van der Waals surface area contributed by atoms with E-state index in [-0.39, 0.29) is 11.7 Å². The summed E-state index contributed by atoms with van der Waals surface area (Å²) in [5.74, 6) is -1.22. The first kappa shape index (κ1) is 22.4. The van der Waals surface area contributed by atoms with Crippen LogP contribution in [0, 0.1) is 0 Å². The highest BCUT2D eigenvalue weighted by Crippen LogP contribution is 2.30. The van der Waals surface area contributed by atoms with Gasteiger partial charge in [-0.15, -0.1) is 0 Å². The number of rotatable bonds is 7. The molecule has 30 heavy (non-hydrogen) atoms. The van der Waals surface area contributed by atoms with Gasteiger partial charge in [-0.1, -0.05) is 30.3 Å². The number of hydrogen-bond donors (Lipinski definition) is 1. The van der Waals surface area contributed by atoms with E-state index < -0.39 is 46.2 Å². The largest absolute Gasteiger partial charge is 0.468 e. The van der Waals surface area contributed by atoms with Crippen molar-refractivity contribution < 1.29 is 28.1 Å². The Kier molecular flexibility index (Phi) is 7.60. The summed E-state index contributed by atoms with van der Waals surface area (Å²) < 4.78 is 22.3. The second-order valence-corrected chi connectivity index (χ2v) is 9.18. The standard InChI is InChI=1S/C21H28N2O6S/c1-28-20(25)16(12-11-14-7-4-3-5-8-14)22-15-9-6-10-18-23(19(15)24)17(13-30(18)27)21(26)29-2/h3-5,7-8,15-18,22H,6,9-13H2,1-2H3/t15-,16?,17-,18-,30+/m1/s1. The van der Waals surface area contributed by atoms with Crippen molar-refractivity contribution in [1.82, 2.24) is 10.2 Å². The van der Waals surface area contributed by atoms with E-state index in [0.717, 1.165) is 5.56 Å². The fourth-order valence-electron chi connectivity index (χ4n) is 4.12. The predicted molar refractivity (Wildman–Crippen MR) is 111 cm³/mol. The van der Waals surface area contributed by atoms with Crippen LogP contribution in [0.15, 0.2) is 30.3 Å². The number of ether oxygens (including phenoxy) is 2. The molecule has 2 saturated heterocycles. The zero-order chi connectivity index (χ0) is 21.7. The Morgan fingerprint density at radius 1 is 1.20 bits per heavy atom. The summed E-state index contributed by atoms with van der Waals surface area (Å²) in [7, 11) is 1.27. The summed E-state index contributed by atoms with van der Waals surface area (Å²) >= 11 is 0. The third-order valence-corrected chi connectivity index (χ3v) is 7.41. The highest BCUT2D eigenvalue weighted by atomic mass is 32.2. The fraction of sp³-hybridized carbons (Fsp3) is 0.571. The van der Waals surface area contributed by atoms with E-state index in [9.17, 15) is 18.6 Å². The maximum absolute atomic E-state index is 13.3. The van der Waals surface area contributed by atoms with Crippen molar-refractivity contribution >= 4 is 28.6 Å². The van der Waals surface area contributed by atoms with Gasteiger partial charge in [-0.2, -0.15) is 0 Å². The molecule has 2 heterocycles. The number of fused-ring (bicyclic) bond motifs is 1. The van der Waals surface area contributed by atoms with Gasteiger partial charge in [0.15, 0.2) is 0 Å². The Bertz CT molecular complexity index is 802. The van der Waals surface area contributed by atoms with Crippen molar-refractivity contribution in [1.29, 1.82) is 0 Å². The van der Waals surface area contributed by atoms with E-state index in [1.807, 2.05) is 30.3 Å². The Balaban J connectivity index is 1.75. The molecule has 2 aliphatic heterocycles. The summed E-state index contributed by atoms with van der Waals surface area (Å²) in [4.78, 5) is 39.2. The number of aryl methyl sites for hydroxylation is 1.